The van der Waals surface area contributed by atoms with E-state index in [1.165, 1.54) is 5.56 Å². The highest BCUT2D eigenvalue weighted by atomic mass is 32.1. The normalized spacial score (nSPS) is 13.7. The molecule has 1 unspecified atom stereocenters. The Labute approximate surface area is 88.6 Å². The van der Waals surface area contributed by atoms with Gasteiger partial charge in [0.2, 0.25) is 0 Å². The Kier molecular flexibility index (Phi) is 2.48. The van der Waals surface area contributed by atoms with Crippen LogP contribution in [0.15, 0.2) is 24.5 Å². The molecule has 1 N–H and O–H groups in total. The van der Waals surface area contributed by atoms with Gasteiger partial charge in [-0.15, -0.1) is 0 Å². The average Bonchev–Trinajstić information content (AvgIpc) is 2.62. The number of hydrogen-bond acceptors (Lipinski definition) is 3. The molecule has 0 aliphatic carbocycles. The fourth-order valence-corrected chi connectivity index (χ4v) is 1.57. The number of hydrogen-bond donors (Lipinski definition) is 2. The maximum atomic E-state index is 4.51. The van der Waals surface area contributed by atoms with Gasteiger partial charge in [-0.05, 0) is 31.8 Å². The van der Waals surface area contributed by atoms with Crippen molar-refractivity contribution >= 4 is 23.7 Å². The van der Waals surface area contributed by atoms with Crippen LogP contribution >= 0.6 is 12.6 Å². The van der Waals surface area contributed by atoms with Crippen molar-refractivity contribution in [3.8, 4) is 0 Å². The first-order valence-corrected chi connectivity index (χ1v) is 4.97. The Bertz CT molecular complexity index is 436. The lowest BCUT2D eigenvalue weighted by Crippen LogP contribution is -2.14. The molecule has 1 aromatic heterocycles. The molecule has 1 heterocycles. The van der Waals surface area contributed by atoms with Gasteiger partial charge in [-0.25, -0.2) is 4.98 Å². The van der Waals surface area contributed by atoms with Gasteiger partial charge in [0, 0.05) is 0 Å². The summed E-state index contributed by atoms with van der Waals surface area (Å²) in [5, 5.41) is 0.127. The third-order valence-electron chi connectivity index (χ3n) is 2.23. The molecule has 0 saturated heterocycles. The molecule has 0 aliphatic rings. The minimum absolute atomic E-state index is 0.127. The summed E-state index contributed by atoms with van der Waals surface area (Å²) in [6, 6.07) is 6.15. The number of imidazole rings is 1. The van der Waals surface area contributed by atoms with E-state index in [9.17, 15) is 0 Å². The molecule has 4 heteroatoms. The predicted octanol–water partition coefficient (Wildman–Crippen LogP) is 2.05. The Balaban J connectivity index is 2.43. The van der Waals surface area contributed by atoms with E-state index < -0.39 is 0 Å². The summed E-state index contributed by atoms with van der Waals surface area (Å²) < 4.78 is 0. The smallest absolute Gasteiger partial charge is 0.0931 e. The van der Waals surface area contributed by atoms with E-state index in [1.807, 2.05) is 20.2 Å². The van der Waals surface area contributed by atoms with Gasteiger partial charge in [0.05, 0.1) is 22.7 Å². The van der Waals surface area contributed by atoms with Gasteiger partial charge in [-0.3, -0.25) is 4.90 Å². The Morgan fingerprint density at radius 1 is 1.43 bits per heavy atom. The first kappa shape index (κ1) is 9.55. The second kappa shape index (κ2) is 3.63. The molecule has 1 atom stereocenters. The van der Waals surface area contributed by atoms with Crippen LogP contribution in [-0.2, 0) is 0 Å². The Hall–Kier alpha value is -1.00. The minimum atomic E-state index is 0.127. The molecule has 0 bridgehead atoms. The highest BCUT2D eigenvalue weighted by molar-refractivity contribution is 7.80. The number of thiol groups is 1. The predicted molar refractivity (Wildman–Crippen MR) is 61.5 cm³/mol. The quantitative estimate of drug-likeness (QED) is 0.583. The lowest BCUT2D eigenvalue weighted by Gasteiger charge is -2.18. The second-order valence-corrected chi connectivity index (χ2v) is 4.01. The van der Waals surface area contributed by atoms with Crippen molar-refractivity contribution in [1.29, 1.82) is 0 Å². The highest BCUT2D eigenvalue weighted by Gasteiger charge is 2.09. The fraction of sp³-hybridized carbons (Fsp3) is 0.300. The highest BCUT2D eigenvalue weighted by Crippen LogP contribution is 2.24. The zero-order valence-electron chi connectivity index (χ0n) is 8.23. The van der Waals surface area contributed by atoms with E-state index in [-0.39, 0.29) is 5.37 Å². The lowest BCUT2D eigenvalue weighted by atomic mass is 10.2. The Morgan fingerprint density at radius 3 is 2.93 bits per heavy atom. The summed E-state index contributed by atoms with van der Waals surface area (Å²) in [6.45, 7) is 0. The molecule has 1 aromatic carbocycles. The summed E-state index contributed by atoms with van der Waals surface area (Å²) in [5.74, 6) is 0. The van der Waals surface area contributed by atoms with Crippen LogP contribution in [0, 0.1) is 0 Å². The van der Waals surface area contributed by atoms with E-state index in [4.69, 9.17) is 0 Å². The van der Waals surface area contributed by atoms with Crippen LogP contribution in [0.5, 0.6) is 0 Å². The fourth-order valence-electron chi connectivity index (χ4n) is 1.41. The van der Waals surface area contributed by atoms with Crippen LogP contribution in [0.1, 0.15) is 10.9 Å². The van der Waals surface area contributed by atoms with Crippen molar-refractivity contribution in [2.24, 2.45) is 0 Å². The maximum absolute atomic E-state index is 4.51. The minimum Gasteiger partial charge on any atom is -0.345 e. The van der Waals surface area contributed by atoms with E-state index in [0.717, 1.165) is 11.0 Å². The van der Waals surface area contributed by atoms with Crippen LogP contribution in [0.25, 0.3) is 11.0 Å². The summed E-state index contributed by atoms with van der Waals surface area (Å²) in [6.07, 6.45) is 1.71. The molecule has 0 spiro atoms. The zero-order valence-corrected chi connectivity index (χ0v) is 9.12. The van der Waals surface area contributed by atoms with Crippen molar-refractivity contribution in [3.63, 3.8) is 0 Å². The first-order valence-electron chi connectivity index (χ1n) is 4.46. The van der Waals surface area contributed by atoms with Crippen LogP contribution in [0.2, 0.25) is 0 Å². The van der Waals surface area contributed by atoms with Crippen LogP contribution in [0.4, 0.5) is 0 Å². The van der Waals surface area contributed by atoms with Crippen molar-refractivity contribution in [2.75, 3.05) is 14.1 Å². The van der Waals surface area contributed by atoms with Crippen molar-refractivity contribution in [3.05, 3.63) is 30.1 Å². The van der Waals surface area contributed by atoms with Crippen LogP contribution in [0.3, 0.4) is 0 Å². The molecule has 74 valence electrons. The van der Waals surface area contributed by atoms with Crippen molar-refractivity contribution in [1.82, 2.24) is 14.9 Å². The molecule has 0 amide bonds. The third-order valence-corrected chi connectivity index (χ3v) is 2.99. The number of nitrogens with one attached hydrogen (secondary N) is 1. The van der Waals surface area contributed by atoms with E-state index in [1.54, 1.807) is 6.33 Å². The molecule has 2 aromatic rings. The first-order chi connectivity index (χ1) is 6.68. The van der Waals surface area contributed by atoms with E-state index >= 15 is 0 Å². The molecule has 3 nitrogen and oxygen atoms in total. The van der Waals surface area contributed by atoms with Crippen LogP contribution in [-0.4, -0.2) is 29.0 Å². The number of benzene rings is 1. The third kappa shape index (κ3) is 1.63. The molecule has 2 rings (SSSR count). The number of aromatic nitrogens is 2. The van der Waals surface area contributed by atoms with Crippen molar-refractivity contribution in [2.45, 2.75) is 5.37 Å². The van der Waals surface area contributed by atoms with Crippen LogP contribution < -0.4 is 0 Å². The average molecular weight is 207 g/mol. The number of fused-ring (bicyclic) bond motifs is 1. The van der Waals surface area contributed by atoms with Crippen molar-refractivity contribution < 1.29 is 0 Å². The number of H-pyrrole nitrogens is 1. The lowest BCUT2D eigenvalue weighted by molar-refractivity contribution is 0.394. The standard InChI is InChI=1S/C10H13N3S/c1-13(2)10(14)7-3-4-8-9(5-7)12-6-11-8/h3-6,10,14H,1-2H3,(H,11,12). The number of nitrogens with zero attached hydrogens (tertiary/aromatic N) is 2. The largest absolute Gasteiger partial charge is 0.345 e. The summed E-state index contributed by atoms with van der Waals surface area (Å²) in [5.41, 5.74) is 3.23. The van der Waals surface area contributed by atoms with Gasteiger partial charge in [0.15, 0.2) is 0 Å². The van der Waals surface area contributed by atoms with Gasteiger partial charge >= 0.3 is 0 Å². The van der Waals surface area contributed by atoms with Gasteiger partial charge < -0.3 is 4.98 Å². The van der Waals surface area contributed by atoms with Gasteiger partial charge in [0.25, 0.3) is 0 Å². The molecule has 0 fully saturated rings. The summed E-state index contributed by atoms with van der Waals surface area (Å²) in [4.78, 5) is 9.32. The summed E-state index contributed by atoms with van der Waals surface area (Å²) in [7, 11) is 4.02. The number of aromatic amines is 1. The van der Waals surface area contributed by atoms with Gasteiger partial charge in [0.1, 0.15) is 0 Å². The number of rotatable bonds is 2. The second-order valence-electron chi connectivity index (χ2n) is 3.52. The van der Waals surface area contributed by atoms with Gasteiger partial charge in [-0.1, -0.05) is 6.07 Å². The Morgan fingerprint density at radius 2 is 2.21 bits per heavy atom. The van der Waals surface area contributed by atoms with E-state index in [2.05, 4.69) is 39.6 Å². The molecular formula is C10H13N3S. The molecule has 0 aliphatic heterocycles. The summed E-state index contributed by atoms with van der Waals surface area (Å²) >= 11 is 4.51. The zero-order chi connectivity index (χ0) is 10.1. The molecule has 0 radical (unpaired) electrons. The van der Waals surface area contributed by atoms with Gasteiger partial charge in [-0.2, -0.15) is 12.6 Å². The maximum Gasteiger partial charge on any atom is 0.0931 e. The SMILES string of the molecule is CN(C)C(S)c1ccc2nc[nH]c2c1. The van der Waals surface area contributed by atoms with E-state index in [0.29, 0.717) is 0 Å². The molecular weight excluding hydrogens is 194 g/mol. The topological polar surface area (TPSA) is 31.9 Å². The molecule has 0 saturated carbocycles. The monoisotopic (exact) mass is 207 g/mol. The molecule has 14 heavy (non-hydrogen) atoms.